The zero-order valence-corrected chi connectivity index (χ0v) is 11.9. The number of amides is 1. The summed E-state index contributed by atoms with van der Waals surface area (Å²) in [7, 11) is 0. The fourth-order valence-electron chi connectivity index (χ4n) is 5.21. The predicted octanol–water partition coefficient (Wildman–Crippen LogP) is 1.78. The monoisotopic (exact) mass is 288 g/mol. The van der Waals surface area contributed by atoms with Crippen molar-refractivity contribution in [1.82, 2.24) is 10.3 Å². The maximum Gasteiger partial charge on any atom is 0.256 e. The number of hydrogen-bond donors (Lipinski definition) is 3. The normalized spacial score (nSPS) is 36.7. The lowest BCUT2D eigenvalue weighted by Gasteiger charge is -2.56. The molecule has 1 heterocycles. The molecule has 0 spiro atoms. The van der Waals surface area contributed by atoms with E-state index in [1.807, 2.05) is 0 Å². The molecule has 1 amide bonds. The fourth-order valence-corrected chi connectivity index (χ4v) is 5.21. The zero-order valence-electron chi connectivity index (χ0n) is 11.9. The Morgan fingerprint density at radius 3 is 2.29 bits per heavy atom. The van der Waals surface area contributed by atoms with Gasteiger partial charge in [-0.3, -0.25) is 9.59 Å². The molecule has 21 heavy (non-hydrogen) atoms. The van der Waals surface area contributed by atoms with E-state index in [0.717, 1.165) is 43.1 Å². The Labute approximate surface area is 122 Å². The van der Waals surface area contributed by atoms with E-state index in [9.17, 15) is 14.7 Å². The Balaban J connectivity index is 1.58. The smallest absolute Gasteiger partial charge is 0.256 e. The van der Waals surface area contributed by atoms with Crippen molar-refractivity contribution >= 4 is 5.91 Å². The summed E-state index contributed by atoms with van der Waals surface area (Å²) in [5, 5.41) is 13.0. The predicted molar refractivity (Wildman–Crippen MR) is 77.1 cm³/mol. The van der Waals surface area contributed by atoms with E-state index >= 15 is 0 Å². The Bertz CT molecular complexity index is 614. The molecule has 0 radical (unpaired) electrons. The second-order valence-corrected chi connectivity index (χ2v) is 7.25. The van der Waals surface area contributed by atoms with Crippen molar-refractivity contribution in [2.24, 2.45) is 17.8 Å². The average molecular weight is 288 g/mol. The number of aromatic hydroxyl groups is 1. The molecule has 4 aliphatic rings. The van der Waals surface area contributed by atoms with E-state index in [0.29, 0.717) is 0 Å². The van der Waals surface area contributed by atoms with Crippen molar-refractivity contribution in [2.45, 2.75) is 44.1 Å². The minimum atomic E-state index is -0.404. The molecule has 5 heteroatoms. The van der Waals surface area contributed by atoms with Gasteiger partial charge in [0.2, 0.25) is 0 Å². The first-order valence-electron chi connectivity index (χ1n) is 7.77. The van der Waals surface area contributed by atoms with Gasteiger partial charge in [-0.25, -0.2) is 0 Å². The highest BCUT2D eigenvalue weighted by molar-refractivity contribution is 5.96. The van der Waals surface area contributed by atoms with Crippen LogP contribution in [0.25, 0.3) is 0 Å². The number of hydrogen-bond acceptors (Lipinski definition) is 3. The molecule has 112 valence electrons. The van der Waals surface area contributed by atoms with Crippen molar-refractivity contribution in [1.29, 1.82) is 0 Å². The first-order valence-corrected chi connectivity index (χ1v) is 7.77. The third-order valence-corrected chi connectivity index (χ3v) is 5.56. The molecule has 0 unspecified atom stereocenters. The quantitative estimate of drug-likeness (QED) is 0.775. The molecular formula is C16H20N2O3. The lowest BCUT2D eigenvalue weighted by molar-refractivity contribution is -0.0167. The van der Waals surface area contributed by atoms with Gasteiger partial charge in [0.1, 0.15) is 5.75 Å². The number of aromatic amines is 1. The van der Waals surface area contributed by atoms with Gasteiger partial charge in [0.25, 0.3) is 11.5 Å². The molecule has 5 rings (SSSR count). The highest BCUT2D eigenvalue weighted by Crippen LogP contribution is 2.55. The van der Waals surface area contributed by atoms with Crippen LogP contribution >= 0.6 is 0 Å². The second-order valence-electron chi connectivity index (χ2n) is 7.25. The van der Waals surface area contributed by atoms with Gasteiger partial charge in [0.15, 0.2) is 0 Å². The number of H-pyrrole nitrogens is 1. The Hall–Kier alpha value is -1.78. The summed E-state index contributed by atoms with van der Waals surface area (Å²) in [6, 6.07) is 1.05. The lowest BCUT2D eigenvalue weighted by Crippen LogP contribution is -2.59. The Morgan fingerprint density at radius 1 is 1.19 bits per heavy atom. The van der Waals surface area contributed by atoms with Crippen LogP contribution in [0.15, 0.2) is 17.1 Å². The summed E-state index contributed by atoms with van der Waals surface area (Å²) in [5.74, 6) is 1.73. The van der Waals surface area contributed by atoms with E-state index in [1.165, 1.54) is 25.5 Å². The van der Waals surface area contributed by atoms with Crippen LogP contribution in [0.2, 0.25) is 0 Å². The first-order chi connectivity index (χ1) is 10.0. The van der Waals surface area contributed by atoms with E-state index in [4.69, 9.17) is 0 Å². The molecule has 0 aliphatic heterocycles. The summed E-state index contributed by atoms with van der Waals surface area (Å²) in [5.41, 5.74) is -0.335. The van der Waals surface area contributed by atoms with E-state index in [2.05, 4.69) is 10.3 Å². The maximum absolute atomic E-state index is 12.5. The highest BCUT2D eigenvalue weighted by Gasteiger charge is 2.51. The zero-order chi connectivity index (χ0) is 14.6. The van der Waals surface area contributed by atoms with Crippen LogP contribution in [0.3, 0.4) is 0 Å². The molecule has 4 saturated carbocycles. The number of pyridine rings is 1. The van der Waals surface area contributed by atoms with Gasteiger partial charge >= 0.3 is 0 Å². The van der Waals surface area contributed by atoms with Gasteiger partial charge in [-0.1, -0.05) is 0 Å². The minimum absolute atomic E-state index is 0.0889. The fraction of sp³-hybridized carbons (Fsp3) is 0.625. The number of aromatic nitrogens is 1. The van der Waals surface area contributed by atoms with Gasteiger partial charge in [0, 0.05) is 17.8 Å². The molecule has 1 aromatic rings. The number of nitrogens with one attached hydrogen (secondary N) is 2. The molecule has 0 saturated heterocycles. The van der Waals surface area contributed by atoms with Crippen LogP contribution in [0.5, 0.6) is 5.75 Å². The van der Waals surface area contributed by atoms with Crippen molar-refractivity contribution in [3.8, 4) is 5.75 Å². The van der Waals surface area contributed by atoms with Gasteiger partial charge in [-0.15, -0.1) is 0 Å². The molecule has 0 atom stereocenters. The lowest BCUT2D eigenvalue weighted by atomic mass is 9.53. The summed E-state index contributed by atoms with van der Waals surface area (Å²) < 4.78 is 0. The van der Waals surface area contributed by atoms with Crippen molar-refractivity contribution in [3.05, 3.63) is 28.2 Å². The van der Waals surface area contributed by atoms with Crippen molar-refractivity contribution in [3.63, 3.8) is 0 Å². The molecule has 5 nitrogen and oxygen atoms in total. The molecule has 0 aromatic carbocycles. The minimum Gasteiger partial charge on any atom is -0.507 e. The summed E-state index contributed by atoms with van der Waals surface area (Å²) in [6.45, 7) is 0. The number of rotatable bonds is 2. The molecule has 4 bridgehead atoms. The highest BCUT2D eigenvalue weighted by atomic mass is 16.3. The maximum atomic E-state index is 12.5. The second kappa shape index (κ2) is 4.36. The number of carbonyl (C=O) groups excluding carboxylic acids is 1. The van der Waals surface area contributed by atoms with Crippen LogP contribution in [-0.2, 0) is 0 Å². The Morgan fingerprint density at radius 2 is 1.76 bits per heavy atom. The summed E-state index contributed by atoms with van der Waals surface area (Å²) >= 11 is 0. The van der Waals surface area contributed by atoms with Crippen LogP contribution in [-0.4, -0.2) is 21.5 Å². The SMILES string of the molecule is O=C(NC12CC3CC(CC(C3)C1)C2)c1c[nH]c(=O)cc1O. The van der Waals surface area contributed by atoms with E-state index in [1.54, 1.807) is 0 Å². The Kier molecular flexibility index (Phi) is 2.68. The third kappa shape index (κ3) is 2.15. The van der Waals surface area contributed by atoms with Gasteiger partial charge in [-0.05, 0) is 56.3 Å². The van der Waals surface area contributed by atoms with Gasteiger partial charge < -0.3 is 15.4 Å². The van der Waals surface area contributed by atoms with Crippen LogP contribution < -0.4 is 10.9 Å². The largest absolute Gasteiger partial charge is 0.507 e. The van der Waals surface area contributed by atoms with Crippen LogP contribution in [0, 0.1) is 17.8 Å². The van der Waals surface area contributed by atoms with Crippen molar-refractivity contribution < 1.29 is 9.90 Å². The molecule has 4 fully saturated rings. The summed E-state index contributed by atoms with van der Waals surface area (Å²) in [4.78, 5) is 26.0. The van der Waals surface area contributed by atoms with Gasteiger partial charge in [0.05, 0.1) is 5.56 Å². The summed E-state index contributed by atoms with van der Waals surface area (Å²) in [6.07, 6.45) is 8.45. The average Bonchev–Trinajstić information content (AvgIpc) is 2.35. The van der Waals surface area contributed by atoms with Crippen LogP contribution in [0.1, 0.15) is 48.9 Å². The van der Waals surface area contributed by atoms with E-state index < -0.39 is 5.56 Å². The van der Waals surface area contributed by atoms with E-state index in [-0.39, 0.29) is 22.8 Å². The standard InChI is InChI=1S/C16H20N2O3/c19-13-4-14(20)17-8-12(13)15(21)18-16-5-9-1-10(6-16)3-11(2-9)7-16/h4,8-11H,1-3,5-7H2,(H,18,21)(H2,17,19,20). The van der Waals surface area contributed by atoms with Gasteiger partial charge in [-0.2, -0.15) is 0 Å². The number of carbonyl (C=O) groups is 1. The molecule has 4 aliphatic carbocycles. The van der Waals surface area contributed by atoms with Crippen LogP contribution in [0.4, 0.5) is 0 Å². The van der Waals surface area contributed by atoms with Crippen molar-refractivity contribution in [2.75, 3.05) is 0 Å². The first kappa shape index (κ1) is 12.9. The topological polar surface area (TPSA) is 82.2 Å². The third-order valence-electron chi connectivity index (χ3n) is 5.56. The molecular weight excluding hydrogens is 268 g/mol. The molecule has 3 N–H and O–H groups in total. The molecule has 1 aromatic heterocycles.